The van der Waals surface area contributed by atoms with Gasteiger partial charge < -0.3 is 9.13 Å². The number of fused-ring (bicyclic) bond motifs is 12. The Morgan fingerprint density at radius 2 is 0.871 bits per heavy atom. The minimum Gasteiger partial charge on any atom is -0.309 e. The highest BCUT2D eigenvalue weighted by Gasteiger charge is 2.21. The minimum absolute atomic E-state index is 0.710. The molecule has 0 spiro atoms. The maximum Gasteiger partial charge on any atom is 0.161 e. The van der Waals surface area contributed by atoms with E-state index in [1.165, 1.54) is 81.7 Å². The van der Waals surface area contributed by atoms with Crippen LogP contribution in [0.25, 0.3) is 143 Å². The maximum absolute atomic E-state index is 5.52. The minimum atomic E-state index is 0.710. The molecule has 0 aliphatic carbocycles. The molecule has 0 amide bonds. The Labute approximate surface area is 402 Å². The highest BCUT2D eigenvalue weighted by Crippen LogP contribution is 2.43. The van der Waals surface area contributed by atoms with E-state index in [9.17, 15) is 0 Å². The molecule has 0 fully saturated rings. The van der Waals surface area contributed by atoms with Crippen LogP contribution in [0.5, 0.6) is 0 Å². The predicted octanol–water partition coefficient (Wildman–Crippen LogP) is 17.4. The van der Waals surface area contributed by atoms with Gasteiger partial charge in [0, 0.05) is 54.5 Å². The highest BCUT2D eigenvalue weighted by molar-refractivity contribution is 6.20. The Morgan fingerprint density at radius 3 is 1.67 bits per heavy atom. The fourth-order valence-electron chi connectivity index (χ4n) is 11.5. The van der Waals surface area contributed by atoms with E-state index in [1.807, 2.05) is 0 Å². The Bertz CT molecular complexity index is 4650. The van der Waals surface area contributed by atoms with E-state index in [1.54, 1.807) is 0 Å². The second kappa shape index (κ2) is 15.1. The van der Waals surface area contributed by atoms with Gasteiger partial charge in [-0.15, -0.1) is 0 Å². The van der Waals surface area contributed by atoms with Gasteiger partial charge in [0.25, 0.3) is 0 Å². The van der Waals surface area contributed by atoms with E-state index in [2.05, 4.69) is 252 Å². The first-order chi connectivity index (χ1) is 34.7. The summed E-state index contributed by atoms with van der Waals surface area (Å²) in [5, 5.41) is 15.5. The van der Waals surface area contributed by atoms with Crippen molar-refractivity contribution in [1.82, 2.24) is 19.1 Å². The van der Waals surface area contributed by atoms with Crippen LogP contribution in [-0.2, 0) is 0 Å². The van der Waals surface area contributed by atoms with Gasteiger partial charge in [-0.25, -0.2) is 9.97 Å². The van der Waals surface area contributed by atoms with Gasteiger partial charge in [-0.05, 0) is 98.0 Å². The van der Waals surface area contributed by atoms with Crippen LogP contribution in [0.2, 0.25) is 0 Å². The maximum atomic E-state index is 5.52. The summed E-state index contributed by atoms with van der Waals surface area (Å²) in [5.41, 5.74) is 13.3. The summed E-state index contributed by atoms with van der Waals surface area (Å²) in [6.07, 6.45) is 0. The van der Waals surface area contributed by atoms with Crippen LogP contribution >= 0.6 is 0 Å². The van der Waals surface area contributed by atoms with Gasteiger partial charge in [0.1, 0.15) is 0 Å². The van der Waals surface area contributed by atoms with Gasteiger partial charge in [0.15, 0.2) is 5.82 Å². The molecule has 12 aromatic carbocycles. The van der Waals surface area contributed by atoms with E-state index in [4.69, 9.17) is 9.97 Å². The van der Waals surface area contributed by atoms with Crippen LogP contribution in [-0.4, -0.2) is 19.1 Å². The Hall–Kier alpha value is -9.38. The first kappa shape index (κ1) is 38.7. The van der Waals surface area contributed by atoms with Crippen molar-refractivity contribution in [2.45, 2.75) is 0 Å². The molecule has 0 bridgehead atoms. The van der Waals surface area contributed by atoms with Crippen molar-refractivity contribution >= 4 is 97.6 Å². The quantitative estimate of drug-likeness (QED) is 0.173. The fourth-order valence-corrected chi connectivity index (χ4v) is 11.5. The predicted molar refractivity (Wildman–Crippen MR) is 295 cm³/mol. The average Bonchev–Trinajstić information content (AvgIpc) is 3.94. The van der Waals surface area contributed by atoms with Crippen molar-refractivity contribution in [3.8, 4) is 45.1 Å². The molecular weight excluding hydrogens is 849 g/mol. The number of nitrogens with zero attached hydrogens (tertiary/aromatic N) is 4. The first-order valence-electron chi connectivity index (χ1n) is 24.0. The Kier molecular flexibility index (Phi) is 8.33. The topological polar surface area (TPSA) is 35.6 Å². The summed E-state index contributed by atoms with van der Waals surface area (Å²) in [6, 6.07) is 88.1. The van der Waals surface area contributed by atoms with Gasteiger partial charge in [-0.1, -0.05) is 188 Å². The van der Waals surface area contributed by atoms with Crippen LogP contribution in [0.1, 0.15) is 0 Å². The first-order valence-corrected chi connectivity index (χ1v) is 24.0. The standard InChI is InChI=1S/C66H40N4/c1-2-16-41(17-3-1)46-34-35-56(49-21-7-6-20-48(46)49)66-67-59-27-13-10-26-57(59)64(68-66)54-36-37-62(51-23-9-8-22-50(51)54)70-61-29-15-12-25-53(61)58-39-44-38-45(32-30-43(44)40-63(58)70)69-60-28-14-11-24-52(60)55-33-31-42-18-4-5-19-47(42)65(55)69/h1-40H. The van der Waals surface area contributed by atoms with Crippen molar-refractivity contribution in [1.29, 1.82) is 0 Å². The van der Waals surface area contributed by atoms with Crippen LogP contribution in [0, 0.1) is 0 Å². The van der Waals surface area contributed by atoms with Crippen LogP contribution in [0.15, 0.2) is 243 Å². The smallest absolute Gasteiger partial charge is 0.161 e. The number of para-hydroxylation sites is 3. The zero-order valence-electron chi connectivity index (χ0n) is 37.9. The average molecular weight is 889 g/mol. The molecule has 324 valence electrons. The lowest BCUT2D eigenvalue weighted by Crippen LogP contribution is -1.99. The largest absolute Gasteiger partial charge is 0.309 e. The summed E-state index contributed by atoms with van der Waals surface area (Å²) in [7, 11) is 0. The molecule has 0 radical (unpaired) electrons. The molecule has 15 aromatic rings. The molecule has 70 heavy (non-hydrogen) atoms. The molecular formula is C66H40N4. The normalized spacial score (nSPS) is 12.0. The van der Waals surface area contributed by atoms with Crippen LogP contribution < -0.4 is 0 Å². The van der Waals surface area contributed by atoms with Gasteiger partial charge in [-0.2, -0.15) is 0 Å². The lowest BCUT2D eigenvalue weighted by atomic mass is 9.94. The highest BCUT2D eigenvalue weighted by atomic mass is 15.0. The molecule has 15 rings (SSSR count). The molecule has 0 N–H and O–H groups in total. The molecule has 3 heterocycles. The molecule has 0 unspecified atom stereocenters. The SMILES string of the molecule is c1ccc(-c2ccc(-c3nc(-c4ccc(-n5c6ccccc6c6cc7cc(-n8c9ccccc9c9ccc%10ccccc%10c98)ccc7cc65)c5ccccc45)c4ccccc4n3)c3ccccc23)cc1. The molecule has 0 aliphatic heterocycles. The van der Waals surface area contributed by atoms with Crippen LogP contribution in [0.4, 0.5) is 0 Å². The zero-order chi connectivity index (χ0) is 45.9. The number of benzene rings is 12. The Morgan fingerprint density at radius 1 is 0.286 bits per heavy atom. The van der Waals surface area contributed by atoms with Gasteiger partial charge in [0.2, 0.25) is 0 Å². The fraction of sp³-hybridized carbons (Fsp3) is 0. The number of rotatable bonds is 5. The second-order valence-corrected chi connectivity index (χ2v) is 18.5. The third kappa shape index (κ3) is 5.71. The van der Waals surface area contributed by atoms with E-state index in [0.29, 0.717) is 5.82 Å². The van der Waals surface area contributed by atoms with Gasteiger partial charge in [0.05, 0.1) is 39.0 Å². The Balaban J connectivity index is 0.918. The van der Waals surface area contributed by atoms with Crippen molar-refractivity contribution in [3.63, 3.8) is 0 Å². The molecule has 0 aliphatic rings. The molecule has 0 atom stereocenters. The summed E-state index contributed by atoms with van der Waals surface area (Å²) >= 11 is 0. The monoisotopic (exact) mass is 888 g/mol. The molecule has 4 heteroatoms. The van der Waals surface area contributed by atoms with Crippen molar-refractivity contribution < 1.29 is 0 Å². The van der Waals surface area contributed by atoms with Crippen molar-refractivity contribution in [2.75, 3.05) is 0 Å². The summed E-state index contributed by atoms with van der Waals surface area (Å²) in [4.78, 5) is 10.8. The lowest BCUT2D eigenvalue weighted by Gasteiger charge is -2.17. The summed E-state index contributed by atoms with van der Waals surface area (Å²) in [5.74, 6) is 0.710. The van der Waals surface area contributed by atoms with E-state index >= 15 is 0 Å². The molecule has 0 saturated heterocycles. The summed E-state index contributed by atoms with van der Waals surface area (Å²) in [6.45, 7) is 0. The lowest BCUT2D eigenvalue weighted by molar-refractivity contribution is 1.19. The second-order valence-electron chi connectivity index (χ2n) is 18.5. The zero-order valence-corrected chi connectivity index (χ0v) is 37.9. The van der Waals surface area contributed by atoms with Crippen molar-refractivity contribution in [3.05, 3.63) is 243 Å². The van der Waals surface area contributed by atoms with E-state index < -0.39 is 0 Å². The number of hydrogen-bond donors (Lipinski definition) is 0. The van der Waals surface area contributed by atoms with Crippen molar-refractivity contribution in [2.24, 2.45) is 0 Å². The molecule has 4 nitrogen and oxygen atoms in total. The van der Waals surface area contributed by atoms with Gasteiger partial charge >= 0.3 is 0 Å². The number of aromatic nitrogens is 4. The third-order valence-corrected chi connectivity index (χ3v) is 14.7. The third-order valence-electron chi connectivity index (χ3n) is 14.7. The summed E-state index contributed by atoms with van der Waals surface area (Å²) < 4.78 is 4.93. The van der Waals surface area contributed by atoms with E-state index in [0.717, 1.165) is 55.3 Å². The van der Waals surface area contributed by atoms with Crippen LogP contribution in [0.3, 0.4) is 0 Å². The van der Waals surface area contributed by atoms with Gasteiger partial charge in [-0.3, -0.25) is 0 Å². The number of hydrogen-bond acceptors (Lipinski definition) is 2. The van der Waals surface area contributed by atoms with E-state index in [-0.39, 0.29) is 0 Å². The molecule has 3 aromatic heterocycles. The molecule has 0 saturated carbocycles.